The summed E-state index contributed by atoms with van der Waals surface area (Å²) in [6.07, 6.45) is 2.10. The van der Waals surface area contributed by atoms with Crippen LogP contribution < -0.4 is 10.6 Å². The van der Waals surface area contributed by atoms with Crippen molar-refractivity contribution < 1.29 is 9.47 Å². The highest BCUT2D eigenvalue weighted by Crippen LogP contribution is 2.12. The molecule has 0 bridgehead atoms. The number of aliphatic imine (C=N–C) groups is 1. The Balaban J connectivity index is 1.54. The molecule has 0 amide bonds. The van der Waals surface area contributed by atoms with Gasteiger partial charge in [-0.1, -0.05) is 30.3 Å². The van der Waals surface area contributed by atoms with Crippen LogP contribution in [0.15, 0.2) is 35.3 Å². The Labute approximate surface area is 164 Å². The fourth-order valence-corrected chi connectivity index (χ4v) is 2.99. The predicted molar refractivity (Wildman–Crippen MR) is 111 cm³/mol. The average molecular weight is 377 g/mol. The number of nitrogens with one attached hydrogen (secondary N) is 2. The summed E-state index contributed by atoms with van der Waals surface area (Å²) in [5.41, 5.74) is 1.33. The molecule has 1 aromatic rings. The van der Waals surface area contributed by atoms with Gasteiger partial charge in [0.2, 0.25) is 0 Å². The molecule has 1 aliphatic heterocycles. The van der Waals surface area contributed by atoms with Crippen molar-refractivity contribution in [3.8, 4) is 0 Å². The average Bonchev–Trinajstić information content (AvgIpc) is 3.20. The molecule has 152 valence electrons. The van der Waals surface area contributed by atoms with E-state index in [4.69, 9.17) is 9.47 Å². The first kappa shape index (κ1) is 21.7. The molecule has 2 unspecified atom stereocenters. The maximum atomic E-state index is 5.73. The van der Waals surface area contributed by atoms with Crippen LogP contribution in [-0.4, -0.2) is 70.5 Å². The van der Waals surface area contributed by atoms with Gasteiger partial charge < -0.3 is 20.1 Å². The summed E-state index contributed by atoms with van der Waals surface area (Å²) in [4.78, 5) is 6.65. The SMILES string of the molecule is CN=C(NCCCOCC1CCOC1)NCC(C)N(C)Cc1ccccc1. The molecule has 1 aromatic carbocycles. The van der Waals surface area contributed by atoms with Crippen molar-refractivity contribution in [3.63, 3.8) is 0 Å². The molecule has 0 spiro atoms. The zero-order valence-electron chi connectivity index (χ0n) is 17.1. The first-order chi connectivity index (χ1) is 13.2. The number of nitrogens with zero attached hydrogens (tertiary/aromatic N) is 2. The maximum absolute atomic E-state index is 5.73. The molecule has 0 saturated carbocycles. The number of ether oxygens (including phenoxy) is 2. The van der Waals surface area contributed by atoms with Crippen molar-refractivity contribution in [1.29, 1.82) is 0 Å². The zero-order chi connectivity index (χ0) is 19.3. The van der Waals surface area contributed by atoms with E-state index in [2.05, 4.69) is 64.8 Å². The molecule has 0 aliphatic carbocycles. The summed E-state index contributed by atoms with van der Waals surface area (Å²) < 4.78 is 11.1. The predicted octanol–water partition coefficient (Wildman–Crippen LogP) is 2.12. The van der Waals surface area contributed by atoms with Crippen LogP contribution in [0.4, 0.5) is 0 Å². The smallest absolute Gasteiger partial charge is 0.191 e. The Kier molecular flexibility index (Phi) is 10.2. The molecule has 1 saturated heterocycles. The van der Waals surface area contributed by atoms with Gasteiger partial charge in [-0.3, -0.25) is 9.89 Å². The fraction of sp³-hybridized carbons (Fsp3) is 0.667. The van der Waals surface area contributed by atoms with Crippen LogP contribution in [0.2, 0.25) is 0 Å². The van der Waals surface area contributed by atoms with Gasteiger partial charge in [-0.15, -0.1) is 0 Å². The summed E-state index contributed by atoms with van der Waals surface area (Å²) in [5, 5.41) is 6.77. The first-order valence-corrected chi connectivity index (χ1v) is 10.0. The lowest BCUT2D eigenvalue weighted by atomic mass is 10.1. The van der Waals surface area contributed by atoms with Crippen LogP contribution in [0.25, 0.3) is 0 Å². The number of hydrogen-bond donors (Lipinski definition) is 2. The molecule has 0 radical (unpaired) electrons. The molecule has 27 heavy (non-hydrogen) atoms. The van der Waals surface area contributed by atoms with Gasteiger partial charge in [0.15, 0.2) is 5.96 Å². The van der Waals surface area contributed by atoms with Crippen molar-refractivity contribution in [2.45, 2.75) is 32.4 Å². The van der Waals surface area contributed by atoms with Gasteiger partial charge >= 0.3 is 0 Å². The highest BCUT2D eigenvalue weighted by molar-refractivity contribution is 5.79. The minimum absolute atomic E-state index is 0.403. The summed E-state index contributed by atoms with van der Waals surface area (Å²) in [7, 11) is 3.96. The van der Waals surface area contributed by atoms with Crippen LogP contribution >= 0.6 is 0 Å². The van der Waals surface area contributed by atoms with Gasteiger partial charge in [-0.05, 0) is 32.4 Å². The second-order valence-corrected chi connectivity index (χ2v) is 7.29. The van der Waals surface area contributed by atoms with E-state index >= 15 is 0 Å². The number of benzene rings is 1. The minimum atomic E-state index is 0.403. The van der Waals surface area contributed by atoms with Crippen LogP contribution in [0.3, 0.4) is 0 Å². The summed E-state index contributed by atoms with van der Waals surface area (Å²) in [5.74, 6) is 1.43. The molecule has 1 heterocycles. The van der Waals surface area contributed by atoms with Gasteiger partial charge in [0, 0.05) is 51.9 Å². The molecular weight excluding hydrogens is 340 g/mol. The highest BCUT2D eigenvalue weighted by atomic mass is 16.5. The summed E-state index contributed by atoms with van der Waals surface area (Å²) in [6.45, 7) is 8.20. The van der Waals surface area contributed by atoms with E-state index in [0.717, 1.165) is 64.9 Å². The number of guanidine groups is 1. The topological polar surface area (TPSA) is 58.1 Å². The van der Waals surface area contributed by atoms with Crippen LogP contribution in [-0.2, 0) is 16.0 Å². The van der Waals surface area contributed by atoms with Gasteiger partial charge in [-0.2, -0.15) is 0 Å². The second-order valence-electron chi connectivity index (χ2n) is 7.29. The maximum Gasteiger partial charge on any atom is 0.191 e. The Morgan fingerprint density at radius 2 is 2.15 bits per heavy atom. The second kappa shape index (κ2) is 12.7. The lowest BCUT2D eigenvalue weighted by Crippen LogP contribution is -2.45. The third-order valence-electron chi connectivity index (χ3n) is 4.95. The van der Waals surface area contributed by atoms with Crippen molar-refractivity contribution in [3.05, 3.63) is 35.9 Å². The van der Waals surface area contributed by atoms with Gasteiger partial charge in [0.1, 0.15) is 0 Å². The lowest BCUT2D eigenvalue weighted by Gasteiger charge is -2.25. The molecule has 1 aliphatic rings. The highest BCUT2D eigenvalue weighted by Gasteiger charge is 2.15. The van der Waals surface area contributed by atoms with E-state index in [9.17, 15) is 0 Å². The number of likely N-dealkylation sites (N-methyl/N-ethyl adjacent to an activating group) is 1. The van der Waals surface area contributed by atoms with Crippen molar-refractivity contribution >= 4 is 5.96 Å². The molecule has 6 nitrogen and oxygen atoms in total. The van der Waals surface area contributed by atoms with Gasteiger partial charge in [-0.25, -0.2) is 0 Å². The fourth-order valence-electron chi connectivity index (χ4n) is 2.99. The van der Waals surface area contributed by atoms with Crippen molar-refractivity contribution in [2.75, 3.05) is 53.6 Å². The quantitative estimate of drug-likeness (QED) is 0.352. The van der Waals surface area contributed by atoms with E-state index in [1.807, 2.05) is 7.05 Å². The Morgan fingerprint density at radius 3 is 2.85 bits per heavy atom. The molecule has 6 heteroatoms. The Bertz CT molecular complexity index is 532. The number of rotatable bonds is 11. The molecule has 2 atom stereocenters. The van der Waals surface area contributed by atoms with E-state index in [1.54, 1.807) is 0 Å². The molecular formula is C21H36N4O2. The third kappa shape index (κ3) is 8.73. The van der Waals surface area contributed by atoms with Crippen LogP contribution in [0.5, 0.6) is 0 Å². The first-order valence-electron chi connectivity index (χ1n) is 10.0. The minimum Gasteiger partial charge on any atom is -0.381 e. The molecule has 0 aromatic heterocycles. The standard InChI is InChI=1S/C21H36N4O2/c1-18(25(3)15-19-8-5-4-6-9-19)14-24-21(22-2)23-11-7-12-26-16-20-10-13-27-17-20/h4-6,8-9,18,20H,7,10-17H2,1-3H3,(H2,22,23,24). The molecule has 2 N–H and O–H groups in total. The Hall–Kier alpha value is -1.63. The largest absolute Gasteiger partial charge is 0.381 e. The zero-order valence-corrected chi connectivity index (χ0v) is 17.1. The number of hydrogen-bond acceptors (Lipinski definition) is 4. The summed E-state index contributed by atoms with van der Waals surface area (Å²) in [6, 6.07) is 11.0. The van der Waals surface area contributed by atoms with E-state index < -0.39 is 0 Å². The Morgan fingerprint density at radius 1 is 1.33 bits per heavy atom. The molecule has 1 fully saturated rings. The van der Waals surface area contributed by atoms with Crippen LogP contribution in [0.1, 0.15) is 25.3 Å². The van der Waals surface area contributed by atoms with Crippen molar-refractivity contribution in [2.24, 2.45) is 10.9 Å². The van der Waals surface area contributed by atoms with Gasteiger partial charge in [0.25, 0.3) is 0 Å². The van der Waals surface area contributed by atoms with E-state index in [-0.39, 0.29) is 0 Å². The lowest BCUT2D eigenvalue weighted by molar-refractivity contribution is 0.0888. The summed E-state index contributed by atoms with van der Waals surface area (Å²) >= 11 is 0. The monoisotopic (exact) mass is 376 g/mol. The van der Waals surface area contributed by atoms with Gasteiger partial charge in [0.05, 0.1) is 13.2 Å². The van der Waals surface area contributed by atoms with E-state index in [1.165, 1.54) is 5.56 Å². The van der Waals surface area contributed by atoms with Crippen LogP contribution in [0, 0.1) is 5.92 Å². The third-order valence-corrected chi connectivity index (χ3v) is 4.95. The van der Waals surface area contributed by atoms with Crippen molar-refractivity contribution in [1.82, 2.24) is 15.5 Å². The molecule has 2 rings (SSSR count). The van der Waals surface area contributed by atoms with E-state index in [0.29, 0.717) is 12.0 Å². The normalized spacial score (nSPS) is 18.7.